The van der Waals surface area contributed by atoms with Crippen LogP contribution < -0.4 is 0 Å². The van der Waals surface area contributed by atoms with Crippen LogP contribution in [0.5, 0.6) is 0 Å². The van der Waals surface area contributed by atoms with Gasteiger partial charge < -0.3 is 4.90 Å². The lowest BCUT2D eigenvalue weighted by Crippen LogP contribution is -2.41. The van der Waals surface area contributed by atoms with Crippen molar-refractivity contribution in [1.82, 2.24) is 19.6 Å². The second kappa shape index (κ2) is 6.55. The minimum absolute atomic E-state index is 0.491. The number of aromatic nitrogens is 2. The third-order valence-electron chi connectivity index (χ3n) is 4.16. The summed E-state index contributed by atoms with van der Waals surface area (Å²) in [5.41, 5.74) is 2.58. The minimum atomic E-state index is 0.491. The van der Waals surface area contributed by atoms with Crippen LogP contribution in [0.15, 0.2) is 24.5 Å². The highest BCUT2D eigenvalue weighted by Crippen LogP contribution is 2.35. The fourth-order valence-electron chi connectivity index (χ4n) is 3.50. The van der Waals surface area contributed by atoms with Crippen molar-refractivity contribution in [1.29, 1.82) is 0 Å². The van der Waals surface area contributed by atoms with Gasteiger partial charge in [-0.2, -0.15) is 5.10 Å². The van der Waals surface area contributed by atoms with Gasteiger partial charge >= 0.3 is 0 Å². The lowest BCUT2D eigenvalue weighted by Gasteiger charge is -2.40. The first-order valence-electron chi connectivity index (χ1n) is 7.49. The van der Waals surface area contributed by atoms with Crippen LogP contribution in [0, 0.1) is 5.92 Å². The van der Waals surface area contributed by atoms with Crippen molar-refractivity contribution in [2.24, 2.45) is 13.0 Å². The molecule has 0 amide bonds. The van der Waals surface area contributed by atoms with Crippen LogP contribution in [0.25, 0.3) is 0 Å². The molecule has 2 heterocycles. The van der Waals surface area contributed by atoms with Crippen molar-refractivity contribution in [3.63, 3.8) is 0 Å². The van der Waals surface area contributed by atoms with Crippen LogP contribution in [0.1, 0.15) is 31.4 Å². The van der Waals surface area contributed by atoms with Crippen molar-refractivity contribution in [3.05, 3.63) is 30.1 Å². The molecule has 20 heavy (non-hydrogen) atoms. The fraction of sp³-hybridized carbons (Fsp3) is 0.688. The average molecular weight is 276 g/mol. The van der Waals surface area contributed by atoms with E-state index in [4.69, 9.17) is 0 Å². The number of rotatable bonds is 5. The minimum Gasteiger partial charge on any atom is -0.302 e. The van der Waals surface area contributed by atoms with E-state index < -0.39 is 0 Å². The fourth-order valence-corrected chi connectivity index (χ4v) is 3.50. The van der Waals surface area contributed by atoms with Gasteiger partial charge in [-0.1, -0.05) is 12.2 Å². The molecule has 2 atom stereocenters. The molecule has 1 aliphatic heterocycles. The summed E-state index contributed by atoms with van der Waals surface area (Å²) in [6.45, 7) is 9.41. The van der Waals surface area contributed by atoms with E-state index >= 15 is 0 Å². The van der Waals surface area contributed by atoms with E-state index in [0.29, 0.717) is 12.0 Å². The Labute approximate surface area is 123 Å². The Morgan fingerprint density at radius 2 is 2.25 bits per heavy atom. The Kier molecular flexibility index (Phi) is 5.00. The van der Waals surface area contributed by atoms with Crippen LogP contribution in [0.2, 0.25) is 0 Å². The molecule has 1 aliphatic rings. The first-order valence-corrected chi connectivity index (χ1v) is 7.49. The maximum absolute atomic E-state index is 4.35. The van der Waals surface area contributed by atoms with Gasteiger partial charge in [-0.15, -0.1) is 0 Å². The summed E-state index contributed by atoms with van der Waals surface area (Å²) in [5.74, 6) is 0.669. The lowest BCUT2D eigenvalue weighted by atomic mass is 9.85. The normalized spacial score (nSPS) is 24.2. The standard InChI is InChI=1S/C16H28N4/c1-13(2)10-18(3)11-14-7-6-8-19(4)16(14)15-9-17-20(5)12-15/h9,12,14,16H,1,6-8,10-11H2,2-5H3/t14-,16+/m0/s1. The molecular weight excluding hydrogens is 248 g/mol. The van der Waals surface area contributed by atoms with E-state index in [1.165, 1.54) is 30.5 Å². The molecule has 1 saturated heterocycles. The second-order valence-electron chi connectivity index (χ2n) is 6.43. The van der Waals surface area contributed by atoms with E-state index in [1.54, 1.807) is 0 Å². The third-order valence-corrected chi connectivity index (χ3v) is 4.16. The molecule has 4 nitrogen and oxygen atoms in total. The van der Waals surface area contributed by atoms with Crippen molar-refractivity contribution in [2.45, 2.75) is 25.8 Å². The van der Waals surface area contributed by atoms with Gasteiger partial charge in [0.15, 0.2) is 0 Å². The summed E-state index contributed by atoms with van der Waals surface area (Å²) in [6.07, 6.45) is 6.78. The van der Waals surface area contributed by atoms with Crippen LogP contribution in [0.4, 0.5) is 0 Å². The van der Waals surface area contributed by atoms with Crippen molar-refractivity contribution < 1.29 is 0 Å². The average Bonchev–Trinajstić information content (AvgIpc) is 2.74. The summed E-state index contributed by atoms with van der Waals surface area (Å²) in [4.78, 5) is 4.88. The summed E-state index contributed by atoms with van der Waals surface area (Å²) >= 11 is 0. The van der Waals surface area contributed by atoms with Gasteiger partial charge in [0.2, 0.25) is 0 Å². The number of hydrogen-bond donors (Lipinski definition) is 0. The lowest BCUT2D eigenvalue weighted by molar-refractivity contribution is 0.0967. The highest BCUT2D eigenvalue weighted by Gasteiger charge is 2.31. The predicted octanol–water partition coefficient (Wildman–Crippen LogP) is 2.31. The molecule has 0 spiro atoms. The smallest absolute Gasteiger partial charge is 0.0537 e. The summed E-state index contributed by atoms with van der Waals surface area (Å²) in [7, 11) is 6.43. The van der Waals surface area contributed by atoms with E-state index in [-0.39, 0.29) is 0 Å². The molecule has 2 rings (SSSR count). The molecule has 0 saturated carbocycles. The summed E-state index contributed by atoms with van der Waals surface area (Å²) < 4.78 is 1.91. The van der Waals surface area contributed by atoms with Crippen molar-refractivity contribution in [2.75, 3.05) is 33.7 Å². The first kappa shape index (κ1) is 15.3. The number of likely N-dealkylation sites (N-methyl/N-ethyl adjacent to an activating group) is 1. The number of likely N-dealkylation sites (tertiary alicyclic amines) is 1. The van der Waals surface area contributed by atoms with E-state index in [1.807, 2.05) is 17.9 Å². The molecule has 1 aromatic rings. The van der Waals surface area contributed by atoms with E-state index in [9.17, 15) is 0 Å². The van der Waals surface area contributed by atoms with Gasteiger partial charge in [-0.3, -0.25) is 9.58 Å². The zero-order valence-corrected chi connectivity index (χ0v) is 13.3. The molecule has 0 bridgehead atoms. The Hall–Kier alpha value is -1.13. The summed E-state index contributed by atoms with van der Waals surface area (Å²) in [6, 6.07) is 0.491. The number of piperidine rings is 1. The highest BCUT2D eigenvalue weighted by atomic mass is 15.3. The Balaban J connectivity index is 2.10. The zero-order valence-electron chi connectivity index (χ0n) is 13.3. The van der Waals surface area contributed by atoms with E-state index in [2.05, 4.69) is 48.7 Å². The monoisotopic (exact) mass is 276 g/mol. The molecule has 0 aliphatic carbocycles. The maximum atomic E-state index is 4.35. The largest absolute Gasteiger partial charge is 0.302 e. The van der Waals surface area contributed by atoms with Crippen LogP contribution >= 0.6 is 0 Å². The molecule has 112 valence electrons. The molecule has 0 N–H and O–H groups in total. The van der Waals surface area contributed by atoms with Crippen molar-refractivity contribution in [3.8, 4) is 0 Å². The number of nitrogens with zero attached hydrogens (tertiary/aromatic N) is 4. The molecule has 0 radical (unpaired) electrons. The van der Waals surface area contributed by atoms with Crippen LogP contribution in [-0.2, 0) is 7.05 Å². The van der Waals surface area contributed by atoms with Gasteiger partial charge in [-0.05, 0) is 46.3 Å². The molecule has 0 aromatic carbocycles. The third kappa shape index (κ3) is 3.70. The molecular formula is C16H28N4. The predicted molar refractivity (Wildman–Crippen MR) is 83.6 cm³/mol. The van der Waals surface area contributed by atoms with Crippen molar-refractivity contribution >= 4 is 0 Å². The Morgan fingerprint density at radius 3 is 2.85 bits per heavy atom. The zero-order chi connectivity index (χ0) is 14.7. The van der Waals surface area contributed by atoms with Gasteiger partial charge in [0, 0.05) is 37.9 Å². The SMILES string of the molecule is C=C(C)CN(C)C[C@@H]1CCCN(C)[C@H]1c1cnn(C)c1. The van der Waals surface area contributed by atoms with Gasteiger partial charge in [0.05, 0.1) is 6.20 Å². The second-order valence-corrected chi connectivity index (χ2v) is 6.43. The summed E-state index contributed by atoms with van der Waals surface area (Å²) in [5, 5.41) is 4.35. The van der Waals surface area contributed by atoms with Gasteiger partial charge in [0.1, 0.15) is 0 Å². The molecule has 4 heteroatoms. The number of aryl methyl sites for hydroxylation is 1. The Morgan fingerprint density at radius 1 is 1.50 bits per heavy atom. The molecule has 1 aromatic heterocycles. The molecule has 1 fully saturated rings. The van der Waals surface area contributed by atoms with E-state index in [0.717, 1.165) is 13.1 Å². The Bertz CT molecular complexity index is 451. The van der Waals surface area contributed by atoms with Crippen LogP contribution in [0.3, 0.4) is 0 Å². The topological polar surface area (TPSA) is 24.3 Å². The number of hydrogen-bond acceptors (Lipinski definition) is 3. The highest BCUT2D eigenvalue weighted by molar-refractivity contribution is 5.13. The van der Waals surface area contributed by atoms with Gasteiger partial charge in [-0.25, -0.2) is 0 Å². The van der Waals surface area contributed by atoms with Gasteiger partial charge in [0.25, 0.3) is 0 Å². The quantitative estimate of drug-likeness (QED) is 0.771. The maximum Gasteiger partial charge on any atom is 0.0537 e. The molecule has 0 unspecified atom stereocenters. The van der Waals surface area contributed by atoms with Crippen LogP contribution in [-0.4, -0.2) is 53.3 Å². The first-order chi connectivity index (χ1) is 9.47.